The highest BCUT2D eigenvalue weighted by Crippen LogP contribution is 2.47. The van der Waals surface area contributed by atoms with Crippen LogP contribution in [0.3, 0.4) is 0 Å². The van der Waals surface area contributed by atoms with Crippen molar-refractivity contribution in [3.05, 3.63) is 67.6 Å². The average Bonchev–Trinajstić information content (AvgIpc) is 3.80. The van der Waals surface area contributed by atoms with Crippen molar-refractivity contribution < 1.29 is 18.3 Å². The van der Waals surface area contributed by atoms with E-state index in [4.69, 9.17) is 38.7 Å². The van der Waals surface area contributed by atoms with Gasteiger partial charge in [0.1, 0.15) is 5.82 Å². The number of hydrogen-bond acceptors (Lipinski definition) is 9. The van der Waals surface area contributed by atoms with Gasteiger partial charge in [-0.15, -0.1) is 17.7 Å². The van der Waals surface area contributed by atoms with Crippen LogP contribution in [0, 0.1) is 17.7 Å². The van der Waals surface area contributed by atoms with Gasteiger partial charge in [-0.25, -0.2) is 8.78 Å². The van der Waals surface area contributed by atoms with Crippen molar-refractivity contribution in [3.63, 3.8) is 0 Å². The molecule has 3 aromatic rings. The molecule has 2 saturated heterocycles. The van der Waals surface area contributed by atoms with Crippen LogP contribution in [-0.2, 0) is 25.3 Å². The lowest BCUT2D eigenvalue weighted by Gasteiger charge is -2.30. The summed E-state index contributed by atoms with van der Waals surface area (Å²) in [7, 11) is 3.05. The molecule has 51 heavy (non-hydrogen) atoms. The number of nitrogen functional groups attached to an aromatic ring is 1. The van der Waals surface area contributed by atoms with Gasteiger partial charge in [0.2, 0.25) is 0 Å². The summed E-state index contributed by atoms with van der Waals surface area (Å²) in [6.45, 7) is 9.46. The first-order valence-corrected chi connectivity index (χ1v) is 19.0. The van der Waals surface area contributed by atoms with Crippen LogP contribution >= 0.6 is 35.0 Å². The normalized spacial score (nSPS) is 20.0. The van der Waals surface area contributed by atoms with Crippen molar-refractivity contribution >= 4 is 52.4 Å². The minimum atomic E-state index is -0.536. The first-order valence-electron chi connectivity index (χ1n) is 17.2. The highest BCUT2D eigenvalue weighted by atomic mass is 35.5. The second-order valence-corrected chi connectivity index (χ2v) is 14.3. The highest BCUT2D eigenvalue weighted by Gasteiger charge is 2.34. The van der Waals surface area contributed by atoms with Gasteiger partial charge < -0.3 is 20.7 Å². The molecule has 0 spiro atoms. The van der Waals surface area contributed by atoms with E-state index in [1.807, 2.05) is 13.8 Å². The molecule has 0 radical (unpaired) electrons. The molecule has 2 aromatic heterocycles. The van der Waals surface area contributed by atoms with E-state index in [2.05, 4.69) is 37.0 Å². The number of carbonyl (C=O) groups excluding carboxylic acids is 1. The molecule has 1 amide bonds. The van der Waals surface area contributed by atoms with Crippen LogP contribution in [0.15, 0.2) is 18.0 Å². The van der Waals surface area contributed by atoms with Gasteiger partial charge in [-0.05, 0) is 50.8 Å². The van der Waals surface area contributed by atoms with Crippen molar-refractivity contribution in [1.29, 1.82) is 0 Å². The van der Waals surface area contributed by atoms with Gasteiger partial charge in [-0.3, -0.25) is 14.4 Å². The number of nitrogens with two attached hydrogens (primary N) is 1. The zero-order chi connectivity index (χ0) is 36.8. The van der Waals surface area contributed by atoms with E-state index >= 15 is 4.39 Å². The van der Waals surface area contributed by atoms with Gasteiger partial charge in [0.25, 0.3) is 5.91 Å². The lowest BCUT2D eigenvalue weighted by Crippen LogP contribution is -2.27. The molecule has 4 aliphatic heterocycles. The summed E-state index contributed by atoms with van der Waals surface area (Å²) < 4.78 is 34.5. The molecule has 2 atom stereocenters. The van der Waals surface area contributed by atoms with Crippen molar-refractivity contribution in [2.75, 3.05) is 44.4 Å². The summed E-state index contributed by atoms with van der Waals surface area (Å²) in [5.41, 5.74) is 10.4. The fourth-order valence-electron chi connectivity index (χ4n) is 6.92. The molecule has 7 rings (SSSR count). The molecule has 10 nitrogen and oxygen atoms in total. The number of carbonyl (C=O) groups is 1. The summed E-state index contributed by atoms with van der Waals surface area (Å²) in [6, 6.07) is 2.36. The van der Waals surface area contributed by atoms with Gasteiger partial charge in [-0.2, -0.15) is 15.1 Å². The molecule has 15 heteroatoms. The summed E-state index contributed by atoms with van der Waals surface area (Å²) in [6.07, 6.45) is 5.52. The molecule has 0 saturated carbocycles. The monoisotopic (exact) mass is 760 g/mol. The molecular weight excluding hydrogens is 717 g/mol. The minimum absolute atomic E-state index is 0.00804. The minimum Gasteiger partial charge on any atom is -0.467 e. The van der Waals surface area contributed by atoms with Crippen LogP contribution in [0.5, 0.6) is 6.01 Å². The van der Waals surface area contributed by atoms with Gasteiger partial charge >= 0.3 is 6.01 Å². The number of thioether (sulfide) groups is 1. The smallest absolute Gasteiger partial charge is 0.318 e. The number of rotatable bonds is 4. The first kappa shape index (κ1) is 38.7. The zero-order valence-electron chi connectivity index (χ0n) is 29.6. The molecule has 4 aliphatic rings. The van der Waals surface area contributed by atoms with Crippen LogP contribution in [-0.4, -0.2) is 70.4 Å². The highest BCUT2D eigenvalue weighted by molar-refractivity contribution is 7.98. The number of halogens is 4. The second kappa shape index (κ2) is 17.3. The van der Waals surface area contributed by atoms with Gasteiger partial charge in [0.15, 0.2) is 11.5 Å². The fraction of sp³-hybridized carbons (Fsp3) is 0.500. The third-order valence-corrected chi connectivity index (χ3v) is 11.4. The number of hydrogen-bond donors (Lipinski definition) is 2. The molecule has 2 unspecified atom stereocenters. The maximum atomic E-state index is 15.3. The molecule has 6 heterocycles. The largest absolute Gasteiger partial charge is 0.467 e. The van der Waals surface area contributed by atoms with E-state index in [0.717, 1.165) is 48.2 Å². The summed E-state index contributed by atoms with van der Waals surface area (Å²) in [5.74, 6) is 6.08. The quantitative estimate of drug-likeness (QED) is 0.212. The van der Waals surface area contributed by atoms with Crippen molar-refractivity contribution in [2.24, 2.45) is 0 Å². The van der Waals surface area contributed by atoms with Crippen LogP contribution in [0.4, 0.5) is 20.3 Å². The van der Waals surface area contributed by atoms with Crippen molar-refractivity contribution in [3.8, 4) is 17.9 Å². The standard InChI is InChI=1S/C26H26Cl2FN7O2S.C8H12FN.C2H6/c1-4-6-13-9-15(30)22(29)19(20(13)27)18-10-16-14(12-39-18)24(33-26(32-16)38-3)35-7-5-8-36-17(11-35)21(28)23(34-36)25(37)31-2;9-5-7-4-8-2-1-3-10(8)6-7;1-2/h9,18H,5,7-8,10-12,30H2,1-3H3,(H,31,37);5,8H,1-4,6H2;1-2H3/b;7-5-;. The molecule has 3 N–H and O–H groups in total. The third kappa shape index (κ3) is 8.09. The SMILES string of the molecule is CC.CC#Cc1cc(N)c(F)c(C2Cc3nc(OC)nc(N4CCCn5nc(C(=O)NC)c(Cl)c5C4)c3CS2)c1Cl.F/C=C1/CC2CCCN2C1. The van der Waals surface area contributed by atoms with E-state index in [-0.39, 0.29) is 33.6 Å². The Morgan fingerprint density at radius 1 is 1.16 bits per heavy atom. The maximum absolute atomic E-state index is 15.3. The van der Waals surface area contributed by atoms with Crippen molar-refractivity contribution in [1.82, 2.24) is 30.0 Å². The van der Waals surface area contributed by atoms with E-state index in [1.165, 1.54) is 32.6 Å². The molecule has 0 bridgehead atoms. The number of benzene rings is 1. The topological polar surface area (TPSA) is 114 Å². The van der Waals surface area contributed by atoms with Crippen LogP contribution in [0.25, 0.3) is 0 Å². The number of amides is 1. The Morgan fingerprint density at radius 3 is 2.63 bits per heavy atom. The van der Waals surface area contributed by atoms with Crippen LogP contribution in [0.2, 0.25) is 10.0 Å². The Kier molecular flexibility index (Phi) is 13.1. The third-order valence-electron chi connectivity index (χ3n) is 9.32. The average molecular weight is 762 g/mol. The van der Waals surface area contributed by atoms with Crippen LogP contribution in [0.1, 0.15) is 90.3 Å². The predicted octanol–water partition coefficient (Wildman–Crippen LogP) is 7.12. The van der Waals surface area contributed by atoms with E-state index in [9.17, 15) is 9.18 Å². The lowest BCUT2D eigenvalue weighted by molar-refractivity contribution is 0.0957. The number of methoxy groups -OCH3 is 1. The van der Waals surface area contributed by atoms with Gasteiger partial charge in [0.05, 0.1) is 47.1 Å². The number of anilines is 2. The van der Waals surface area contributed by atoms with Gasteiger partial charge in [-0.1, -0.05) is 43.0 Å². The van der Waals surface area contributed by atoms with E-state index in [0.29, 0.717) is 59.8 Å². The zero-order valence-corrected chi connectivity index (χ0v) is 31.9. The first-order chi connectivity index (χ1) is 24.7. The number of aryl methyl sites for hydroxylation is 1. The Balaban J connectivity index is 0.000000355. The summed E-state index contributed by atoms with van der Waals surface area (Å²) in [4.78, 5) is 26.1. The Hall–Kier alpha value is -3.57. The number of ether oxygens (including phenoxy) is 1. The predicted molar refractivity (Wildman–Crippen MR) is 201 cm³/mol. The van der Waals surface area contributed by atoms with E-state index in [1.54, 1.807) is 30.4 Å². The molecular formula is C36H44Cl2F2N8O2S. The Labute approximate surface area is 312 Å². The Bertz CT molecular complexity index is 1850. The van der Waals surface area contributed by atoms with E-state index < -0.39 is 5.82 Å². The summed E-state index contributed by atoms with van der Waals surface area (Å²) >= 11 is 14.8. The molecule has 2 fully saturated rings. The molecule has 274 valence electrons. The maximum Gasteiger partial charge on any atom is 0.318 e. The summed E-state index contributed by atoms with van der Waals surface area (Å²) in [5, 5.41) is 7.28. The molecule has 1 aromatic carbocycles. The fourth-order valence-corrected chi connectivity index (χ4v) is 8.91. The molecule has 0 aliphatic carbocycles. The van der Waals surface area contributed by atoms with Crippen LogP contribution < -0.4 is 20.7 Å². The van der Waals surface area contributed by atoms with Crippen molar-refractivity contribution in [2.45, 2.75) is 83.0 Å². The van der Waals surface area contributed by atoms with Gasteiger partial charge in [0, 0.05) is 66.8 Å². The second-order valence-electron chi connectivity index (χ2n) is 12.3. The number of aromatic nitrogens is 4. The number of fused-ring (bicyclic) bond motifs is 3. The lowest BCUT2D eigenvalue weighted by atomic mass is 10.00. The Morgan fingerprint density at radius 2 is 1.94 bits per heavy atom. The number of nitrogens with one attached hydrogen (secondary N) is 1. The number of nitrogens with zero attached hydrogens (tertiary/aromatic N) is 6.